The minimum absolute atomic E-state index is 0.0125. The van der Waals surface area contributed by atoms with Gasteiger partial charge in [0, 0.05) is 0 Å². The maximum Gasteiger partial charge on any atom is 0.346 e. The van der Waals surface area contributed by atoms with E-state index in [0.29, 0.717) is 12.5 Å². The molecule has 0 spiro atoms. The van der Waals surface area contributed by atoms with Crippen LogP contribution in [0, 0.1) is 0 Å². The molecule has 0 saturated heterocycles. The fourth-order valence-electron chi connectivity index (χ4n) is 1.11. The molecule has 0 aromatic carbocycles. The summed E-state index contributed by atoms with van der Waals surface area (Å²) in [5, 5.41) is 0. The lowest BCUT2D eigenvalue weighted by Crippen LogP contribution is -2.36. The first-order valence-corrected chi connectivity index (χ1v) is 10.4. The van der Waals surface area contributed by atoms with Gasteiger partial charge in [0.2, 0.25) is 20.0 Å². The van der Waals surface area contributed by atoms with E-state index < -0.39 is 33.9 Å². The van der Waals surface area contributed by atoms with Crippen LogP contribution in [-0.2, 0) is 33.7 Å². The van der Waals surface area contributed by atoms with E-state index in [1.165, 1.54) is 13.8 Å². The lowest BCUT2D eigenvalue weighted by Gasteiger charge is -2.23. The van der Waals surface area contributed by atoms with Crippen molar-refractivity contribution in [1.82, 2.24) is 3.71 Å². The van der Waals surface area contributed by atoms with Gasteiger partial charge < -0.3 is 9.05 Å². The third kappa shape index (κ3) is 5.77. The Morgan fingerprint density at radius 3 is 1.50 bits per heavy atom. The zero-order chi connectivity index (χ0) is 14.6. The van der Waals surface area contributed by atoms with Crippen LogP contribution in [-0.4, -0.2) is 52.6 Å². The lowest BCUT2D eigenvalue weighted by molar-refractivity contribution is 0.216. The van der Waals surface area contributed by atoms with Gasteiger partial charge in [0.05, 0.1) is 25.7 Å². The topological polar surface area (TPSA) is 107 Å². The summed E-state index contributed by atoms with van der Waals surface area (Å²) in [7, 11) is -12.0. The number of rotatable bonds is 8. The molecule has 0 rings (SSSR count). The van der Waals surface area contributed by atoms with E-state index in [0.717, 1.165) is 0 Å². The average molecular weight is 323 g/mol. The Hall–Kier alpha value is 0.01000. The maximum absolute atomic E-state index is 12.1. The first kappa shape index (κ1) is 18.0. The quantitative estimate of drug-likeness (QED) is 0.596. The molecule has 0 bridgehead atoms. The van der Waals surface area contributed by atoms with E-state index in [2.05, 4.69) is 0 Å². The Morgan fingerprint density at radius 1 is 0.944 bits per heavy atom. The van der Waals surface area contributed by atoms with Crippen molar-refractivity contribution in [3.05, 3.63) is 0 Å². The van der Waals surface area contributed by atoms with Gasteiger partial charge in [-0.1, -0.05) is 3.71 Å². The maximum atomic E-state index is 12.1. The van der Waals surface area contributed by atoms with E-state index in [9.17, 15) is 21.4 Å². The largest absolute Gasteiger partial charge is 0.346 e. The number of hydrogen-bond donors (Lipinski definition) is 0. The Labute approximate surface area is 108 Å². The van der Waals surface area contributed by atoms with E-state index in [1.807, 2.05) is 0 Å². The summed E-state index contributed by atoms with van der Waals surface area (Å²) >= 11 is 0. The second-order valence-electron chi connectivity index (χ2n) is 3.39. The standard InChI is InChI=1S/C7H18NO7PS2/c1-5-14-16(9,15-6-2)7-8(17(3,10)11)18(4,12)13/h5-7H2,1-4H3. The predicted molar refractivity (Wildman–Crippen MR) is 67.3 cm³/mol. The minimum Gasteiger partial charge on any atom is -0.308 e. The van der Waals surface area contributed by atoms with Crippen molar-refractivity contribution in [2.75, 3.05) is 32.0 Å². The summed E-state index contributed by atoms with van der Waals surface area (Å²) < 4.78 is 67.4. The van der Waals surface area contributed by atoms with Crippen molar-refractivity contribution < 1.29 is 30.4 Å². The van der Waals surface area contributed by atoms with Crippen LogP contribution >= 0.6 is 7.60 Å². The average Bonchev–Trinajstić information content (AvgIpc) is 2.11. The summed E-state index contributed by atoms with van der Waals surface area (Å²) in [5.74, 6) is 0. The molecule has 18 heavy (non-hydrogen) atoms. The lowest BCUT2D eigenvalue weighted by atomic mass is 10.9. The van der Waals surface area contributed by atoms with Crippen molar-refractivity contribution in [1.29, 1.82) is 0 Å². The molecule has 0 atom stereocenters. The molecule has 0 amide bonds. The SMILES string of the molecule is CCOP(=O)(CN(S(C)(=O)=O)S(C)(=O)=O)OCC. The second-order valence-corrected chi connectivity index (χ2v) is 9.45. The zero-order valence-corrected chi connectivity index (χ0v) is 13.2. The van der Waals surface area contributed by atoms with Gasteiger partial charge in [-0.3, -0.25) is 4.57 Å². The van der Waals surface area contributed by atoms with E-state index in [-0.39, 0.29) is 16.9 Å². The molecule has 0 aromatic heterocycles. The van der Waals surface area contributed by atoms with Crippen molar-refractivity contribution in [2.24, 2.45) is 0 Å². The Balaban J connectivity index is 5.39. The van der Waals surface area contributed by atoms with Gasteiger partial charge in [-0.2, -0.15) is 0 Å². The molecule has 8 nitrogen and oxygen atoms in total. The molecule has 0 fully saturated rings. The molecule has 0 unspecified atom stereocenters. The zero-order valence-electron chi connectivity index (χ0n) is 10.7. The fourth-order valence-corrected chi connectivity index (χ4v) is 6.91. The van der Waals surface area contributed by atoms with Crippen LogP contribution in [0.25, 0.3) is 0 Å². The Kier molecular flexibility index (Phi) is 6.45. The molecule has 0 aliphatic heterocycles. The first-order valence-electron chi connectivity index (χ1n) is 5.02. The van der Waals surface area contributed by atoms with Gasteiger partial charge >= 0.3 is 7.60 Å². The Morgan fingerprint density at radius 2 is 1.28 bits per heavy atom. The third-order valence-corrected chi connectivity index (χ3v) is 7.36. The summed E-state index contributed by atoms with van der Waals surface area (Å²) in [6.07, 6.45) is 0.554. The molecule has 0 aromatic rings. The van der Waals surface area contributed by atoms with E-state index >= 15 is 0 Å². The summed E-state index contributed by atoms with van der Waals surface area (Å²) in [4.78, 5) is 0. The van der Waals surface area contributed by atoms with Crippen molar-refractivity contribution >= 4 is 27.6 Å². The molecule has 11 heteroatoms. The van der Waals surface area contributed by atoms with Crippen LogP contribution in [0.5, 0.6) is 0 Å². The molecule has 110 valence electrons. The highest BCUT2D eigenvalue weighted by Crippen LogP contribution is 2.49. The van der Waals surface area contributed by atoms with E-state index in [4.69, 9.17) is 9.05 Å². The minimum atomic E-state index is -4.08. The number of nitrogens with zero attached hydrogens (tertiary/aromatic N) is 1. The highest BCUT2D eigenvalue weighted by atomic mass is 32.3. The summed E-state index contributed by atoms with van der Waals surface area (Å²) in [6, 6.07) is 0. The second kappa shape index (κ2) is 6.44. The van der Waals surface area contributed by atoms with Crippen LogP contribution in [0.2, 0.25) is 0 Å². The molecular weight excluding hydrogens is 305 g/mol. The van der Waals surface area contributed by atoms with Gasteiger partial charge in [-0.25, -0.2) is 16.8 Å². The van der Waals surface area contributed by atoms with Crippen LogP contribution in [0.4, 0.5) is 0 Å². The van der Waals surface area contributed by atoms with Crippen molar-refractivity contribution in [3.8, 4) is 0 Å². The van der Waals surface area contributed by atoms with Gasteiger partial charge in [0.25, 0.3) is 0 Å². The van der Waals surface area contributed by atoms with Crippen LogP contribution in [0.3, 0.4) is 0 Å². The summed E-state index contributed by atoms with van der Waals surface area (Å²) in [5.41, 5.74) is 0. The number of sulfonamides is 2. The van der Waals surface area contributed by atoms with Crippen LogP contribution in [0.1, 0.15) is 13.8 Å². The van der Waals surface area contributed by atoms with Gasteiger partial charge in [0.15, 0.2) is 0 Å². The number of hydrogen-bond acceptors (Lipinski definition) is 7. The Bertz CT molecular complexity index is 470. The summed E-state index contributed by atoms with van der Waals surface area (Å²) in [6.45, 7) is 3.10. The van der Waals surface area contributed by atoms with Crippen molar-refractivity contribution in [2.45, 2.75) is 13.8 Å². The molecule has 0 radical (unpaired) electrons. The molecule has 0 aliphatic carbocycles. The molecule has 0 N–H and O–H groups in total. The third-order valence-electron chi connectivity index (χ3n) is 1.68. The fraction of sp³-hybridized carbons (Fsp3) is 1.00. The first-order chi connectivity index (χ1) is 7.96. The highest BCUT2D eigenvalue weighted by Gasteiger charge is 2.37. The smallest absolute Gasteiger partial charge is 0.308 e. The normalized spacial score (nSPS) is 14.1. The van der Waals surface area contributed by atoms with Gasteiger partial charge in [-0.05, 0) is 13.8 Å². The highest BCUT2D eigenvalue weighted by molar-refractivity contribution is 8.03. The van der Waals surface area contributed by atoms with Gasteiger partial charge in [-0.15, -0.1) is 0 Å². The molecule has 0 heterocycles. The van der Waals surface area contributed by atoms with Gasteiger partial charge in [0.1, 0.15) is 6.29 Å². The molecule has 0 aliphatic rings. The van der Waals surface area contributed by atoms with E-state index in [1.54, 1.807) is 0 Å². The molecule has 0 saturated carbocycles. The van der Waals surface area contributed by atoms with Crippen LogP contribution < -0.4 is 0 Å². The molecular formula is C7H18NO7PS2. The predicted octanol–water partition coefficient (Wildman–Crippen LogP) is 0.431. The van der Waals surface area contributed by atoms with Crippen LogP contribution in [0.15, 0.2) is 0 Å². The van der Waals surface area contributed by atoms with Crippen molar-refractivity contribution in [3.63, 3.8) is 0 Å². The monoisotopic (exact) mass is 323 g/mol.